The third-order valence-corrected chi connectivity index (χ3v) is 15.3. The summed E-state index contributed by atoms with van der Waals surface area (Å²) >= 11 is 0. The van der Waals surface area contributed by atoms with Crippen LogP contribution in [-0.2, 0) is 30.9 Å². The van der Waals surface area contributed by atoms with Gasteiger partial charge in [-0.25, -0.2) is 4.79 Å². The number of piperidine rings is 1. The van der Waals surface area contributed by atoms with E-state index in [4.69, 9.17) is 14.2 Å². The summed E-state index contributed by atoms with van der Waals surface area (Å²) in [5, 5.41) is 38.5. The molecule has 6 aliphatic rings. The molecule has 7 unspecified atom stereocenters. The Hall–Kier alpha value is -3.94. The van der Waals surface area contributed by atoms with Gasteiger partial charge in [0.05, 0.1) is 33.0 Å². The number of likely N-dealkylation sites (N-methyl/N-ethyl adjacent to an activating group) is 1. The van der Waals surface area contributed by atoms with E-state index in [1.165, 1.54) is 14.2 Å². The molecule has 0 radical (unpaired) electrons. The number of nitrogens with zero attached hydrogens (tertiary/aromatic N) is 3. The van der Waals surface area contributed by atoms with Gasteiger partial charge >= 0.3 is 11.9 Å². The number of para-hydroxylation sites is 1. The number of aliphatic hydroxyl groups excluding tert-OH is 1. The molecule has 4 N–H and O–H groups in total. The Kier molecular flexibility index (Phi) is 8.76. The molecule has 12 nitrogen and oxygen atoms in total. The minimum absolute atomic E-state index is 0.179. The van der Waals surface area contributed by atoms with Crippen molar-refractivity contribution >= 4 is 28.5 Å². The summed E-state index contributed by atoms with van der Waals surface area (Å²) in [7, 11) is 6.22. The lowest BCUT2D eigenvalue weighted by atomic mass is 9.47. The van der Waals surface area contributed by atoms with Gasteiger partial charge in [-0.2, -0.15) is 0 Å². The van der Waals surface area contributed by atoms with Gasteiger partial charge in [0.15, 0.2) is 0 Å². The highest BCUT2D eigenvalue weighted by molar-refractivity contribution is 5.90. The van der Waals surface area contributed by atoms with Gasteiger partial charge in [0.25, 0.3) is 0 Å². The van der Waals surface area contributed by atoms with E-state index in [2.05, 4.69) is 33.0 Å². The molecule has 1 aromatic heterocycles. The zero-order chi connectivity index (χ0) is 39.5. The second kappa shape index (κ2) is 13.0. The molecule has 12 heteroatoms. The van der Waals surface area contributed by atoms with Crippen LogP contribution in [0.15, 0.2) is 48.6 Å². The van der Waals surface area contributed by atoms with Crippen molar-refractivity contribution in [2.24, 2.45) is 11.3 Å². The van der Waals surface area contributed by atoms with E-state index in [0.717, 1.165) is 45.5 Å². The van der Waals surface area contributed by atoms with Gasteiger partial charge in [-0.1, -0.05) is 44.2 Å². The molecule has 1 spiro atoms. The van der Waals surface area contributed by atoms with Crippen molar-refractivity contribution in [2.75, 3.05) is 66.0 Å². The van der Waals surface area contributed by atoms with Gasteiger partial charge in [-0.05, 0) is 73.4 Å². The summed E-state index contributed by atoms with van der Waals surface area (Å²) in [6, 6.07) is 11.2. The first-order valence-corrected chi connectivity index (χ1v) is 20.3. The predicted molar refractivity (Wildman–Crippen MR) is 211 cm³/mol. The van der Waals surface area contributed by atoms with E-state index in [1.54, 1.807) is 7.11 Å². The third-order valence-electron chi connectivity index (χ3n) is 15.3. The fourth-order valence-electron chi connectivity index (χ4n) is 13.1. The number of aliphatic hydroxyl groups is 3. The fourth-order valence-corrected chi connectivity index (χ4v) is 13.1. The lowest BCUT2D eigenvalue weighted by molar-refractivity contribution is -0.218. The van der Waals surface area contributed by atoms with E-state index >= 15 is 0 Å². The van der Waals surface area contributed by atoms with Gasteiger partial charge in [0, 0.05) is 84.4 Å². The Morgan fingerprint density at radius 3 is 2.52 bits per heavy atom. The molecule has 1 aliphatic carbocycles. The molecule has 11 atom stereocenters. The van der Waals surface area contributed by atoms with Gasteiger partial charge in [0.2, 0.25) is 5.60 Å². The van der Waals surface area contributed by atoms with E-state index in [9.17, 15) is 24.9 Å². The molecular weight excluding hydrogens is 713 g/mol. The first kappa shape index (κ1) is 37.6. The first-order chi connectivity index (χ1) is 26.9. The SMILES string of the molecule is CCC1(O)CC2CN(CCc3c([nH]c4ccccc34)C(C(=O)OC)[C@H]2c2cc3c(cc2OC)N(C)C2C34CCN3CC=C[C@](CC)(C34)[C@@H](O)[C@]2(O)C(=O)OC)C1. The lowest BCUT2D eigenvalue weighted by Crippen LogP contribution is -2.80. The number of rotatable bonds is 6. The van der Waals surface area contributed by atoms with Crippen molar-refractivity contribution in [2.45, 2.75) is 92.6 Å². The summed E-state index contributed by atoms with van der Waals surface area (Å²) in [5.41, 5.74) is 0.416. The van der Waals surface area contributed by atoms with Crippen LogP contribution in [0.4, 0.5) is 5.69 Å². The summed E-state index contributed by atoms with van der Waals surface area (Å²) < 4.78 is 17.4. The van der Waals surface area contributed by atoms with E-state index in [0.29, 0.717) is 64.0 Å². The molecule has 3 aromatic rings. The highest BCUT2D eigenvalue weighted by Crippen LogP contribution is 2.67. The van der Waals surface area contributed by atoms with Crippen molar-refractivity contribution < 1.29 is 39.1 Å². The number of hydrogen-bond acceptors (Lipinski definition) is 11. The standard InChI is InChI=1S/C44H56N4O8/c1-7-41(52)22-25-23-47(24-41)18-14-27-26-12-9-10-13-30(26)45-35(27)34(36(49)55-5)33(25)28-20-29-31(21-32(28)54-4)46(3)38-43(29)16-19-48-17-11-15-42(8-2,37(43)48)39(50)44(38,53)40(51)56-6/h9-13,15,20-21,25,33-34,37-39,45,50,52-53H,7-8,14,16-19,22-24H2,1-6H3/t25?,33-,34?,37?,38?,39-,41?,42-,43?,44+/m1/s1. The fraction of sp³-hybridized carbons (Fsp3) is 0.591. The molecule has 6 heterocycles. The number of ether oxygens (including phenoxy) is 3. The number of carbonyl (C=O) groups is 2. The number of hydrogen-bond donors (Lipinski definition) is 4. The number of carbonyl (C=O) groups excluding carboxylic acids is 2. The predicted octanol–water partition coefficient (Wildman–Crippen LogP) is 3.61. The van der Waals surface area contributed by atoms with Crippen LogP contribution in [0, 0.1) is 11.3 Å². The Morgan fingerprint density at radius 2 is 1.80 bits per heavy atom. The molecule has 300 valence electrons. The van der Waals surface area contributed by atoms with Crippen LogP contribution in [0.2, 0.25) is 0 Å². The summed E-state index contributed by atoms with van der Waals surface area (Å²) in [6.07, 6.45) is 5.51. The largest absolute Gasteiger partial charge is 0.496 e. The van der Waals surface area contributed by atoms with Crippen molar-refractivity contribution in [3.05, 3.63) is 70.9 Å². The van der Waals surface area contributed by atoms with Crippen LogP contribution < -0.4 is 9.64 Å². The Balaban J connectivity index is 1.33. The number of aromatic nitrogens is 1. The zero-order valence-corrected chi connectivity index (χ0v) is 33.4. The Bertz CT molecular complexity index is 2120. The molecule has 5 aliphatic heterocycles. The number of fused-ring (bicyclic) bond motifs is 6. The van der Waals surface area contributed by atoms with Crippen molar-refractivity contribution in [1.29, 1.82) is 0 Å². The summed E-state index contributed by atoms with van der Waals surface area (Å²) in [6.45, 7) is 7.38. The van der Waals surface area contributed by atoms with Gasteiger partial charge < -0.3 is 39.4 Å². The number of H-pyrrole nitrogens is 1. The monoisotopic (exact) mass is 768 g/mol. The maximum Gasteiger partial charge on any atom is 0.342 e. The van der Waals surface area contributed by atoms with E-state index < -0.39 is 52.0 Å². The van der Waals surface area contributed by atoms with Crippen LogP contribution in [0.1, 0.15) is 73.8 Å². The molecule has 1 saturated carbocycles. The topological polar surface area (TPSA) is 148 Å². The van der Waals surface area contributed by atoms with Crippen LogP contribution in [0.3, 0.4) is 0 Å². The number of benzene rings is 2. The highest BCUT2D eigenvalue weighted by atomic mass is 16.5. The molecule has 0 amide bonds. The van der Waals surface area contributed by atoms with Crippen LogP contribution in [-0.4, -0.2) is 133 Å². The maximum atomic E-state index is 14.6. The number of anilines is 1. The number of nitrogens with one attached hydrogen (secondary N) is 1. The average molecular weight is 769 g/mol. The van der Waals surface area contributed by atoms with Gasteiger partial charge in [-0.3, -0.25) is 14.6 Å². The molecule has 3 fully saturated rings. The third kappa shape index (κ3) is 4.76. The van der Waals surface area contributed by atoms with Crippen molar-refractivity contribution in [1.82, 2.24) is 14.8 Å². The second-order valence-electron chi connectivity index (χ2n) is 17.5. The lowest BCUT2D eigenvalue weighted by Gasteiger charge is -2.63. The molecule has 9 rings (SSSR count). The number of esters is 2. The normalized spacial score (nSPS) is 38.4. The molecule has 2 saturated heterocycles. The average Bonchev–Trinajstić information content (AvgIpc) is 3.87. The van der Waals surface area contributed by atoms with Gasteiger partial charge in [-0.15, -0.1) is 0 Å². The quantitative estimate of drug-likeness (QED) is 0.216. The number of methoxy groups -OCH3 is 3. The van der Waals surface area contributed by atoms with E-state index in [-0.39, 0.29) is 17.9 Å². The van der Waals surface area contributed by atoms with Crippen LogP contribution in [0.25, 0.3) is 10.9 Å². The Labute approximate surface area is 328 Å². The minimum Gasteiger partial charge on any atom is -0.496 e. The molecule has 2 bridgehead atoms. The molecular formula is C44H56N4O8. The molecule has 56 heavy (non-hydrogen) atoms. The first-order valence-electron chi connectivity index (χ1n) is 20.3. The zero-order valence-electron chi connectivity index (χ0n) is 33.4. The smallest absolute Gasteiger partial charge is 0.342 e. The molecule has 2 aromatic carbocycles. The second-order valence-corrected chi connectivity index (χ2v) is 17.5. The highest BCUT2D eigenvalue weighted by Gasteiger charge is 2.79. The van der Waals surface area contributed by atoms with Crippen LogP contribution >= 0.6 is 0 Å². The van der Waals surface area contributed by atoms with Crippen LogP contribution in [0.5, 0.6) is 5.75 Å². The number of aromatic amines is 1. The van der Waals surface area contributed by atoms with Gasteiger partial charge in [0.1, 0.15) is 17.8 Å². The van der Waals surface area contributed by atoms with E-state index in [1.807, 2.05) is 56.1 Å². The minimum atomic E-state index is -2.27. The summed E-state index contributed by atoms with van der Waals surface area (Å²) in [5.74, 6) is -2.10. The van der Waals surface area contributed by atoms with Crippen molar-refractivity contribution in [3.63, 3.8) is 0 Å². The summed E-state index contributed by atoms with van der Waals surface area (Å²) in [4.78, 5) is 39.0. The van der Waals surface area contributed by atoms with Crippen molar-refractivity contribution in [3.8, 4) is 5.75 Å². The maximum absolute atomic E-state index is 14.6. The Morgan fingerprint density at radius 1 is 1.02 bits per heavy atom.